The van der Waals surface area contributed by atoms with Crippen LogP contribution in [0, 0.1) is 0 Å². The lowest BCUT2D eigenvalue weighted by atomic mass is 9.95. The molecule has 1 heterocycles. The number of ketones is 1. The van der Waals surface area contributed by atoms with Gasteiger partial charge in [-0.25, -0.2) is 0 Å². The summed E-state index contributed by atoms with van der Waals surface area (Å²) >= 11 is 3.40. The van der Waals surface area contributed by atoms with E-state index in [0.29, 0.717) is 0 Å². The van der Waals surface area contributed by atoms with Crippen LogP contribution in [0.5, 0.6) is 0 Å². The van der Waals surface area contributed by atoms with Crippen molar-refractivity contribution in [3.8, 4) is 0 Å². The fraction of sp³-hybridized carbons (Fsp3) is 0.200. The van der Waals surface area contributed by atoms with E-state index in [4.69, 9.17) is 0 Å². The number of carbonyl (C=O) groups is 1. The number of pyridine rings is 1. The molecule has 1 aliphatic rings. The normalized spacial score (nSPS) is 17.5. The summed E-state index contributed by atoms with van der Waals surface area (Å²) in [5, 5.41) is 0. The minimum absolute atomic E-state index is 0.0736. The number of aryl methyl sites for hydroxylation is 1. The number of hydrogen-bond donors (Lipinski definition) is 0. The highest BCUT2D eigenvalue weighted by atomic mass is 79.9. The van der Waals surface area contributed by atoms with Crippen LogP contribution in [-0.2, 0) is 6.42 Å². The van der Waals surface area contributed by atoms with Crippen molar-refractivity contribution in [2.75, 3.05) is 0 Å². The van der Waals surface area contributed by atoms with E-state index in [1.54, 1.807) is 6.20 Å². The summed E-state index contributed by atoms with van der Waals surface area (Å²) in [6, 6.07) is 11.6. The third kappa shape index (κ3) is 1.99. The van der Waals surface area contributed by atoms with E-state index in [0.717, 1.165) is 28.6 Å². The van der Waals surface area contributed by atoms with Crippen LogP contribution in [0.15, 0.2) is 47.1 Å². The van der Waals surface area contributed by atoms with Crippen LogP contribution in [0.3, 0.4) is 0 Å². The first-order valence-electron chi connectivity index (χ1n) is 5.99. The molecule has 0 bridgehead atoms. The summed E-state index contributed by atoms with van der Waals surface area (Å²) in [7, 11) is 0. The maximum atomic E-state index is 12.5. The Morgan fingerprint density at radius 2 is 2.17 bits per heavy atom. The maximum Gasteiger partial charge on any atom is 0.171 e. The summed E-state index contributed by atoms with van der Waals surface area (Å²) in [6.07, 6.45) is 3.59. The minimum atomic E-state index is -0.0736. The molecular weight excluding hydrogens is 290 g/mol. The van der Waals surface area contributed by atoms with Gasteiger partial charge in [-0.15, -0.1) is 0 Å². The van der Waals surface area contributed by atoms with E-state index >= 15 is 0 Å². The van der Waals surface area contributed by atoms with Crippen LogP contribution < -0.4 is 0 Å². The van der Waals surface area contributed by atoms with Gasteiger partial charge in [0.05, 0.1) is 11.6 Å². The third-order valence-electron chi connectivity index (χ3n) is 3.38. The first kappa shape index (κ1) is 11.6. The number of hydrogen-bond acceptors (Lipinski definition) is 2. The standard InChI is InChI=1S/C15H12BrNO/c16-12-5-1-3-11(9-12)15(18)13-7-6-10-4-2-8-17-14(10)13/h1-5,8-9,13H,6-7H2. The fourth-order valence-electron chi connectivity index (χ4n) is 2.51. The number of nitrogens with zero attached hydrogens (tertiary/aromatic N) is 1. The zero-order valence-electron chi connectivity index (χ0n) is 9.77. The molecule has 3 heteroatoms. The van der Waals surface area contributed by atoms with Crippen LogP contribution in [0.1, 0.15) is 34.0 Å². The van der Waals surface area contributed by atoms with Crippen LogP contribution in [0.25, 0.3) is 0 Å². The lowest BCUT2D eigenvalue weighted by Crippen LogP contribution is -2.11. The smallest absolute Gasteiger partial charge is 0.171 e. The molecule has 3 rings (SSSR count). The van der Waals surface area contributed by atoms with E-state index in [-0.39, 0.29) is 11.7 Å². The second kappa shape index (κ2) is 4.65. The number of fused-ring (bicyclic) bond motifs is 1. The van der Waals surface area contributed by atoms with Gasteiger partial charge in [-0.1, -0.05) is 34.1 Å². The molecule has 0 spiro atoms. The van der Waals surface area contributed by atoms with Gasteiger partial charge in [0, 0.05) is 16.2 Å². The molecule has 18 heavy (non-hydrogen) atoms. The van der Waals surface area contributed by atoms with Crippen molar-refractivity contribution in [3.05, 3.63) is 63.9 Å². The van der Waals surface area contributed by atoms with Crippen molar-refractivity contribution in [1.29, 1.82) is 0 Å². The van der Waals surface area contributed by atoms with E-state index in [9.17, 15) is 4.79 Å². The van der Waals surface area contributed by atoms with E-state index in [2.05, 4.69) is 27.0 Å². The van der Waals surface area contributed by atoms with Crippen LogP contribution in [0.2, 0.25) is 0 Å². The quantitative estimate of drug-likeness (QED) is 0.791. The highest BCUT2D eigenvalue weighted by Gasteiger charge is 2.30. The molecule has 1 aliphatic carbocycles. The number of rotatable bonds is 2. The Hall–Kier alpha value is -1.48. The summed E-state index contributed by atoms with van der Waals surface area (Å²) in [6.45, 7) is 0. The van der Waals surface area contributed by atoms with Gasteiger partial charge in [0.1, 0.15) is 0 Å². The van der Waals surface area contributed by atoms with Crippen molar-refractivity contribution in [2.45, 2.75) is 18.8 Å². The van der Waals surface area contributed by atoms with Gasteiger partial charge in [0.25, 0.3) is 0 Å². The molecule has 0 amide bonds. The first-order chi connectivity index (χ1) is 8.75. The molecule has 0 radical (unpaired) electrons. The molecule has 1 aromatic heterocycles. The molecule has 0 aliphatic heterocycles. The van der Waals surface area contributed by atoms with Gasteiger partial charge in [-0.05, 0) is 36.6 Å². The number of aromatic nitrogens is 1. The van der Waals surface area contributed by atoms with Gasteiger partial charge in [-0.3, -0.25) is 9.78 Å². The number of Topliss-reactive ketones (excluding diaryl/α,β-unsaturated/α-hetero) is 1. The average Bonchev–Trinajstić information content (AvgIpc) is 2.82. The number of halogens is 1. The predicted molar refractivity (Wildman–Crippen MR) is 73.8 cm³/mol. The Kier molecular flexibility index (Phi) is 3.00. The molecule has 1 atom stereocenters. The topological polar surface area (TPSA) is 30.0 Å². The summed E-state index contributed by atoms with van der Waals surface area (Å²) in [4.78, 5) is 16.9. The molecule has 0 N–H and O–H groups in total. The molecule has 90 valence electrons. The Morgan fingerprint density at radius 1 is 1.28 bits per heavy atom. The lowest BCUT2D eigenvalue weighted by Gasteiger charge is -2.09. The molecule has 2 aromatic rings. The molecule has 2 nitrogen and oxygen atoms in total. The van der Waals surface area contributed by atoms with Gasteiger partial charge in [0.15, 0.2) is 5.78 Å². The van der Waals surface area contributed by atoms with Gasteiger partial charge < -0.3 is 0 Å². The summed E-state index contributed by atoms with van der Waals surface area (Å²) < 4.78 is 0.938. The Bertz CT molecular complexity index is 609. The minimum Gasteiger partial charge on any atom is -0.293 e. The first-order valence-corrected chi connectivity index (χ1v) is 6.78. The maximum absolute atomic E-state index is 12.5. The molecule has 0 fully saturated rings. The second-order valence-corrected chi connectivity index (χ2v) is 5.43. The molecule has 1 unspecified atom stereocenters. The Labute approximate surface area is 114 Å². The Morgan fingerprint density at radius 3 is 3.00 bits per heavy atom. The van der Waals surface area contributed by atoms with Gasteiger partial charge in [-0.2, -0.15) is 0 Å². The predicted octanol–water partition coefficient (Wildman–Crippen LogP) is 3.76. The average molecular weight is 302 g/mol. The SMILES string of the molecule is O=C(c1cccc(Br)c1)C1CCc2cccnc21. The van der Waals surface area contributed by atoms with Crippen molar-refractivity contribution in [3.63, 3.8) is 0 Å². The molecule has 0 saturated heterocycles. The zero-order chi connectivity index (χ0) is 12.5. The summed E-state index contributed by atoms with van der Waals surface area (Å²) in [5.41, 5.74) is 2.93. The van der Waals surface area contributed by atoms with E-state index in [1.165, 1.54) is 5.56 Å². The van der Waals surface area contributed by atoms with Crippen LogP contribution >= 0.6 is 15.9 Å². The highest BCUT2D eigenvalue weighted by Crippen LogP contribution is 2.34. The third-order valence-corrected chi connectivity index (χ3v) is 3.88. The number of benzene rings is 1. The van der Waals surface area contributed by atoms with Crippen molar-refractivity contribution < 1.29 is 4.79 Å². The molecule has 1 aromatic carbocycles. The van der Waals surface area contributed by atoms with Gasteiger partial charge >= 0.3 is 0 Å². The van der Waals surface area contributed by atoms with Crippen molar-refractivity contribution in [1.82, 2.24) is 4.98 Å². The van der Waals surface area contributed by atoms with Crippen LogP contribution in [0.4, 0.5) is 0 Å². The lowest BCUT2D eigenvalue weighted by molar-refractivity contribution is 0.0958. The van der Waals surface area contributed by atoms with E-state index in [1.807, 2.05) is 30.3 Å². The second-order valence-electron chi connectivity index (χ2n) is 4.51. The van der Waals surface area contributed by atoms with Gasteiger partial charge in [0.2, 0.25) is 0 Å². The van der Waals surface area contributed by atoms with Crippen molar-refractivity contribution in [2.24, 2.45) is 0 Å². The Balaban J connectivity index is 1.96. The molecule has 0 saturated carbocycles. The van der Waals surface area contributed by atoms with Crippen LogP contribution in [-0.4, -0.2) is 10.8 Å². The largest absolute Gasteiger partial charge is 0.293 e. The number of carbonyl (C=O) groups excluding carboxylic acids is 1. The van der Waals surface area contributed by atoms with E-state index < -0.39 is 0 Å². The zero-order valence-corrected chi connectivity index (χ0v) is 11.4. The van der Waals surface area contributed by atoms with Crippen molar-refractivity contribution >= 4 is 21.7 Å². The fourth-order valence-corrected chi connectivity index (χ4v) is 2.91. The summed E-state index contributed by atoms with van der Waals surface area (Å²) in [5.74, 6) is 0.101. The highest BCUT2D eigenvalue weighted by molar-refractivity contribution is 9.10. The molecular formula is C15H12BrNO. The monoisotopic (exact) mass is 301 g/mol.